The van der Waals surface area contributed by atoms with Crippen molar-refractivity contribution in [3.8, 4) is 5.75 Å². The molecule has 0 saturated carbocycles. The minimum absolute atomic E-state index is 0.0226. The minimum atomic E-state index is -0.512. The maximum absolute atomic E-state index is 11.7. The molecule has 2 atom stereocenters. The molecule has 1 N–H and O–H groups in total. The quantitative estimate of drug-likeness (QED) is 0.754. The SMILES string of the molecule is C[C@H](O)c1ccc(CCOc2ccc(C[C@@H]3SC(=O)CC3=O)cc2)nc1. The van der Waals surface area contributed by atoms with Gasteiger partial charge in [-0.25, -0.2) is 0 Å². The van der Waals surface area contributed by atoms with Crippen molar-refractivity contribution in [1.82, 2.24) is 4.98 Å². The highest BCUT2D eigenvalue weighted by atomic mass is 32.2. The van der Waals surface area contributed by atoms with E-state index in [2.05, 4.69) is 4.98 Å². The fraction of sp³-hybridized carbons (Fsp3) is 0.350. The Labute approximate surface area is 156 Å². The second-order valence-electron chi connectivity index (χ2n) is 6.33. The molecule has 0 aliphatic carbocycles. The zero-order chi connectivity index (χ0) is 18.5. The second kappa shape index (κ2) is 8.47. The molecule has 2 heterocycles. The molecule has 1 aromatic heterocycles. The number of hydrogen-bond donors (Lipinski definition) is 1. The second-order valence-corrected chi connectivity index (χ2v) is 7.59. The zero-order valence-corrected chi connectivity index (χ0v) is 15.4. The lowest BCUT2D eigenvalue weighted by Crippen LogP contribution is -2.13. The summed E-state index contributed by atoms with van der Waals surface area (Å²) in [4.78, 5) is 27.3. The Morgan fingerprint density at radius 2 is 2.00 bits per heavy atom. The van der Waals surface area contributed by atoms with Crippen molar-refractivity contribution in [2.75, 3.05) is 6.61 Å². The third-order valence-electron chi connectivity index (χ3n) is 4.25. The Morgan fingerprint density at radius 3 is 2.58 bits per heavy atom. The zero-order valence-electron chi connectivity index (χ0n) is 14.6. The molecule has 0 amide bonds. The van der Waals surface area contributed by atoms with E-state index < -0.39 is 6.10 Å². The van der Waals surface area contributed by atoms with Crippen LogP contribution >= 0.6 is 11.8 Å². The van der Waals surface area contributed by atoms with E-state index in [1.807, 2.05) is 36.4 Å². The number of aliphatic hydroxyl groups excluding tert-OH is 1. The summed E-state index contributed by atoms with van der Waals surface area (Å²) < 4.78 is 5.74. The monoisotopic (exact) mass is 371 g/mol. The van der Waals surface area contributed by atoms with E-state index in [4.69, 9.17) is 4.74 Å². The lowest BCUT2D eigenvalue weighted by Gasteiger charge is -2.09. The van der Waals surface area contributed by atoms with Gasteiger partial charge in [-0.05, 0) is 42.7 Å². The fourth-order valence-electron chi connectivity index (χ4n) is 2.72. The standard InChI is InChI=1S/C20H21NO4S/c1-13(22)15-4-5-16(21-12-15)8-9-25-17-6-2-14(3-7-17)10-19-18(23)11-20(24)26-19/h2-7,12-13,19,22H,8-11H2,1H3/t13-,19-/m0/s1. The van der Waals surface area contributed by atoms with Gasteiger partial charge in [0.1, 0.15) is 5.75 Å². The van der Waals surface area contributed by atoms with E-state index in [-0.39, 0.29) is 22.6 Å². The van der Waals surface area contributed by atoms with Crippen LogP contribution in [0.3, 0.4) is 0 Å². The van der Waals surface area contributed by atoms with Crippen LogP contribution in [0.25, 0.3) is 0 Å². The average Bonchev–Trinajstić information content (AvgIpc) is 2.94. The lowest BCUT2D eigenvalue weighted by atomic mass is 10.1. The van der Waals surface area contributed by atoms with Crippen LogP contribution in [0.4, 0.5) is 0 Å². The molecule has 0 spiro atoms. The highest BCUT2D eigenvalue weighted by Crippen LogP contribution is 2.28. The van der Waals surface area contributed by atoms with Gasteiger partial charge in [0.2, 0.25) is 0 Å². The molecule has 0 radical (unpaired) electrons. The number of carbonyl (C=O) groups is 2. The van der Waals surface area contributed by atoms with Gasteiger partial charge in [0.05, 0.1) is 24.4 Å². The van der Waals surface area contributed by atoms with Crippen molar-refractivity contribution < 1.29 is 19.4 Å². The van der Waals surface area contributed by atoms with Crippen molar-refractivity contribution in [2.24, 2.45) is 0 Å². The molecular formula is C20H21NO4S. The maximum Gasteiger partial charge on any atom is 0.197 e. The Balaban J connectivity index is 1.47. The summed E-state index contributed by atoms with van der Waals surface area (Å²) in [5.41, 5.74) is 2.73. The molecule has 1 saturated heterocycles. The van der Waals surface area contributed by atoms with Crippen molar-refractivity contribution >= 4 is 22.7 Å². The van der Waals surface area contributed by atoms with Gasteiger partial charge in [0, 0.05) is 18.3 Å². The van der Waals surface area contributed by atoms with Gasteiger partial charge in [-0.15, -0.1) is 0 Å². The molecule has 1 aliphatic rings. The van der Waals surface area contributed by atoms with E-state index in [0.717, 1.165) is 34.3 Å². The van der Waals surface area contributed by atoms with Gasteiger partial charge in [-0.1, -0.05) is 30.0 Å². The predicted octanol–water partition coefficient (Wildman–Crippen LogP) is 2.90. The molecule has 0 unspecified atom stereocenters. The van der Waals surface area contributed by atoms with Gasteiger partial charge in [0.25, 0.3) is 0 Å². The smallest absolute Gasteiger partial charge is 0.197 e. The number of hydrogen-bond acceptors (Lipinski definition) is 6. The molecule has 5 nitrogen and oxygen atoms in total. The van der Waals surface area contributed by atoms with Crippen molar-refractivity contribution in [2.45, 2.75) is 37.5 Å². The summed E-state index contributed by atoms with van der Waals surface area (Å²) in [6, 6.07) is 11.4. The minimum Gasteiger partial charge on any atom is -0.493 e. The first-order valence-electron chi connectivity index (χ1n) is 8.58. The number of Topliss-reactive ketones (excluding diaryl/α,β-unsaturated/α-hetero) is 1. The Hall–Kier alpha value is -2.18. The number of pyridine rings is 1. The Morgan fingerprint density at radius 1 is 1.23 bits per heavy atom. The van der Waals surface area contributed by atoms with Crippen molar-refractivity contribution in [1.29, 1.82) is 0 Å². The van der Waals surface area contributed by atoms with Crippen LogP contribution in [-0.4, -0.2) is 32.8 Å². The molecular weight excluding hydrogens is 350 g/mol. The van der Waals surface area contributed by atoms with E-state index in [0.29, 0.717) is 19.4 Å². The van der Waals surface area contributed by atoms with Crippen LogP contribution in [0.2, 0.25) is 0 Å². The van der Waals surface area contributed by atoms with Gasteiger partial charge in [-0.3, -0.25) is 14.6 Å². The van der Waals surface area contributed by atoms with Crippen LogP contribution in [0.5, 0.6) is 5.75 Å². The molecule has 2 aromatic rings. The Kier molecular flexibility index (Phi) is 6.06. The van der Waals surface area contributed by atoms with Crippen molar-refractivity contribution in [3.05, 3.63) is 59.4 Å². The summed E-state index contributed by atoms with van der Waals surface area (Å²) in [5, 5.41) is 9.20. The van der Waals surface area contributed by atoms with Crippen LogP contribution in [0.15, 0.2) is 42.6 Å². The van der Waals surface area contributed by atoms with E-state index in [1.165, 1.54) is 0 Å². The Bertz CT molecular complexity index is 771. The van der Waals surface area contributed by atoms with E-state index in [1.54, 1.807) is 13.1 Å². The third-order valence-corrected chi connectivity index (χ3v) is 5.37. The highest BCUT2D eigenvalue weighted by Gasteiger charge is 2.31. The van der Waals surface area contributed by atoms with Gasteiger partial charge in [-0.2, -0.15) is 0 Å². The first kappa shape index (κ1) is 18.6. The van der Waals surface area contributed by atoms with Crippen LogP contribution < -0.4 is 4.74 Å². The van der Waals surface area contributed by atoms with Crippen LogP contribution in [0.1, 0.15) is 36.3 Å². The molecule has 6 heteroatoms. The third kappa shape index (κ3) is 4.93. The number of carbonyl (C=O) groups excluding carboxylic acids is 2. The summed E-state index contributed by atoms with van der Waals surface area (Å²) in [6.45, 7) is 2.22. The summed E-state index contributed by atoms with van der Waals surface area (Å²) >= 11 is 1.14. The molecule has 3 rings (SSSR count). The van der Waals surface area contributed by atoms with E-state index >= 15 is 0 Å². The first-order valence-corrected chi connectivity index (χ1v) is 9.46. The average molecular weight is 371 g/mol. The topological polar surface area (TPSA) is 76.5 Å². The fourth-order valence-corrected chi connectivity index (χ4v) is 3.75. The number of thioether (sulfide) groups is 1. The molecule has 26 heavy (non-hydrogen) atoms. The predicted molar refractivity (Wildman–Crippen MR) is 100 cm³/mol. The number of ketones is 1. The molecule has 136 valence electrons. The largest absolute Gasteiger partial charge is 0.493 e. The van der Waals surface area contributed by atoms with E-state index in [9.17, 15) is 14.7 Å². The molecule has 0 bridgehead atoms. The normalized spacial score (nSPS) is 18.2. The number of benzene rings is 1. The number of nitrogens with zero attached hydrogens (tertiary/aromatic N) is 1. The molecule has 1 aliphatic heterocycles. The van der Waals surface area contributed by atoms with Gasteiger partial charge < -0.3 is 9.84 Å². The summed E-state index contributed by atoms with van der Waals surface area (Å²) in [6.07, 6.45) is 2.49. The summed E-state index contributed by atoms with van der Waals surface area (Å²) in [5.74, 6) is 0.783. The van der Waals surface area contributed by atoms with Crippen molar-refractivity contribution in [3.63, 3.8) is 0 Å². The van der Waals surface area contributed by atoms with Gasteiger partial charge in [0.15, 0.2) is 10.9 Å². The number of rotatable bonds is 7. The highest BCUT2D eigenvalue weighted by molar-refractivity contribution is 8.15. The molecule has 1 fully saturated rings. The number of aliphatic hydroxyl groups is 1. The maximum atomic E-state index is 11.7. The number of ether oxygens (including phenoxy) is 1. The lowest BCUT2D eigenvalue weighted by molar-refractivity contribution is -0.121. The van der Waals surface area contributed by atoms with Crippen LogP contribution in [-0.2, 0) is 22.4 Å². The van der Waals surface area contributed by atoms with Gasteiger partial charge >= 0.3 is 0 Å². The molecule has 1 aromatic carbocycles. The number of aromatic nitrogens is 1. The first-order chi connectivity index (χ1) is 12.5. The van der Waals surface area contributed by atoms with Crippen LogP contribution in [0, 0.1) is 0 Å². The summed E-state index contributed by atoms with van der Waals surface area (Å²) in [7, 11) is 0.